The molecule has 4 unspecified atom stereocenters. The number of fused-ring (bicyclic) bond motifs is 7. The Morgan fingerprint density at radius 1 is 0.692 bits per heavy atom. The van der Waals surface area contributed by atoms with Gasteiger partial charge in [-0.1, -0.05) is 151 Å². The van der Waals surface area contributed by atoms with Crippen LogP contribution in [0.25, 0.3) is 0 Å². The highest BCUT2D eigenvalue weighted by Gasteiger charge is 2.74. The standard InChI is InChI=1S/C49H86O3/c1-11-12-13-14-15-16-17-18-19-20-21-22-23-24-37(50)35-42(51)52-41-28-30-46(7)39(44(41,4)5)26-31-47(8)40(46)27-32-48(9)43-38(36(2)3)25-29-45(43,6)33-34-49(47,48)10/h37-41,43,50H,2,11-35H2,1,3-10H3/t37?,38-,39?,40?,41-,43?,45+,46-,47+,48+,49-/m0/s1. The minimum Gasteiger partial charge on any atom is -0.462 e. The predicted molar refractivity (Wildman–Crippen MR) is 220 cm³/mol. The highest BCUT2D eigenvalue weighted by atomic mass is 16.5. The zero-order chi connectivity index (χ0) is 38.0. The Hall–Kier alpha value is -0.830. The monoisotopic (exact) mass is 723 g/mol. The summed E-state index contributed by atoms with van der Waals surface area (Å²) >= 11 is 0. The first-order valence-corrected chi connectivity index (χ1v) is 23.0. The number of esters is 1. The van der Waals surface area contributed by atoms with Crippen LogP contribution < -0.4 is 0 Å². The summed E-state index contributed by atoms with van der Waals surface area (Å²) in [7, 11) is 0. The number of unbranched alkanes of at least 4 members (excludes halogenated alkanes) is 12. The van der Waals surface area contributed by atoms with E-state index in [-0.39, 0.29) is 29.3 Å². The molecule has 0 amide bonds. The van der Waals surface area contributed by atoms with E-state index in [0.717, 1.165) is 31.6 Å². The third-order valence-corrected chi connectivity index (χ3v) is 18.5. The molecule has 0 aromatic heterocycles. The van der Waals surface area contributed by atoms with Crippen molar-refractivity contribution >= 4 is 5.97 Å². The van der Waals surface area contributed by atoms with E-state index < -0.39 is 6.10 Å². The van der Waals surface area contributed by atoms with Crippen molar-refractivity contribution in [2.45, 2.75) is 235 Å². The Labute approximate surface area is 323 Å². The van der Waals surface area contributed by atoms with Gasteiger partial charge < -0.3 is 9.84 Å². The molecule has 0 heterocycles. The number of aliphatic hydroxyl groups excluding tert-OH is 1. The lowest BCUT2D eigenvalue weighted by atomic mass is 9.29. The molecule has 0 saturated heterocycles. The summed E-state index contributed by atoms with van der Waals surface area (Å²) in [5.41, 5.74) is 3.11. The number of hydrogen-bond donors (Lipinski definition) is 1. The average Bonchev–Trinajstić information content (AvgIpc) is 3.45. The van der Waals surface area contributed by atoms with Crippen molar-refractivity contribution in [3.8, 4) is 0 Å². The Bertz CT molecular complexity index is 1200. The smallest absolute Gasteiger partial charge is 0.308 e. The van der Waals surface area contributed by atoms with Gasteiger partial charge in [0.05, 0.1) is 12.5 Å². The normalized spacial score (nSPS) is 41.3. The number of aliphatic hydroxyl groups is 1. The molecule has 5 rings (SSSR count). The average molecular weight is 723 g/mol. The molecule has 3 heteroatoms. The van der Waals surface area contributed by atoms with Crippen LogP contribution in [-0.4, -0.2) is 23.3 Å². The predicted octanol–water partition coefficient (Wildman–Crippen LogP) is 14.2. The zero-order valence-electron chi connectivity index (χ0n) is 36.1. The van der Waals surface area contributed by atoms with Crippen LogP contribution in [0.3, 0.4) is 0 Å². The first-order chi connectivity index (χ1) is 24.5. The molecule has 0 aliphatic heterocycles. The van der Waals surface area contributed by atoms with Gasteiger partial charge in [-0.15, -0.1) is 0 Å². The Morgan fingerprint density at radius 2 is 1.25 bits per heavy atom. The molecule has 0 aromatic carbocycles. The highest BCUT2D eigenvalue weighted by Crippen LogP contribution is 2.81. The van der Waals surface area contributed by atoms with Crippen LogP contribution in [0.4, 0.5) is 0 Å². The molecule has 52 heavy (non-hydrogen) atoms. The van der Waals surface area contributed by atoms with Gasteiger partial charge in [0.15, 0.2) is 0 Å². The van der Waals surface area contributed by atoms with Gasteiger partial charge in [-0.05, 0) is 128 Å². The molecule has 5 aliphatic carbocycles. The fourth-order valence-corrected chi connectivity index (χ4v) is 15.2. The van der Waals surface area contributed by atoms with Gasteiger partial charge in [0.25, 0.3) is 0 Å². The lowest BCUT2D eigenvalue weighted by Gasteiger charge is -2.76. The van der Waals surface area contributed by atoms with Crippen LogP contribution in [0.2, 0.25) is 0 Å². The van der Waals surface area contributed by atoms with E-state index in [4.69, 9.17) is 4.74 Å². The van der Waals surface area contributed by atoms with Crippen molar-refractivity contribution in [1.29, 1.82) is 0 Å². The van der Waals surface area contributed by atoms with Crippen molar-refractivity contribution in [2.24, 2.45) is 56.2 Å². The summed E-state index contributed by atoms with van der Waals surface area (Å²) in [6.45, 7) is 27.5. The summed E-state index contributed by atoms with van der Waals surface area (Å²) < 4.78 is 6.36. The van der Waals surface area contributed by atoms with Crippen LogP contribution in [-0.2, 0) is 9.53 Å². The summed E-state index contributed by atoms with van der Waals surface area (Å²) in [4.78, 5) is 13.3. The van der Waals surface area contributed by atoms with Gasteiger partial charge >= 0.3 is 5.97 Å². The lowest BCUT2D eigenvalue weighted by Crippen LogP contribution is -2.69. The van der Waals surface area contributed by atoms with E-state index in [1.54, 1.807) is 0 Å². The van der Waals surface area contributed by atoms with Crippen LogP contribution in [0, 0.1) is 56.2 Å². The Balaban J connectivity index is 1.10. The SMILES string of the molecule is C=C(C)[C@@H]1CC[C@]2(C)CC[C@]3(C)[C@](C)(CCC4[C@@]5(C)CC[C@H](OC(=O)CC(O)CCCCCCCCCCCCCCC)C(C)(C)C5CC[C@]43C)C12. The summed E-state index contributed by atoms with van der Waals surface area (Å²) in [5.74, 6) is 2.52. The van der Waals surface area contributed by atoms with Crippen molar-refractivity contribution in [3.63, 3.8) is 0 Å². The minimum absolute atomic E-state index is 0.0550. The summed E-state index contributed by atoms with van der Waals surface area (Å²) in [6, 6.07) is 0. The topological polar surface area (TPSA) is 46.5 Å². The minimum atomic E-state index is -0.577. The molecule has 0 spiro atoms. The largest absolute Gasteiger partial charge is 0.462 e. The highest BCUT2D eigenvalue weighted by molar-refractivity contribution is 5.70. The van der Waals surface area contributed by atoms with Crippen LogP contribution in [0.15, 0.2) is 12.2 Å². The maximum absolute atomic E-state index is 13.3. The van der Waals surface area contributed by atoms with Crippen LogP contribution in [0.1, 0.15) is 223 Å². The second-order valence-corrected chi connectivity index (χ2v) is 21.7. The van der Waals surface area contributed by atoms with Crippen molar-refractivity contribution in [1.82, 2.24) is 0 Å². The van der Waals surface area contributed by atoms with Crippen LogP contribution >= 0.6 is 0 Å². The van der Waals surface area contributed by atoms with E-state index in [2.05, 4.69) is 68.9 Å². The quantitative estimate of drug-likeness (QED) is 0.0870. The number of carbonyl (C=O) groups excluding carboxylic acids is 1. The molecule has 0 radical (unpaired) electrons. The first kappa shape index (κ1) is 42.3. The third kappa shape index (κ3) is 7.77. The second kappa shape index (κ2) is 16.7. The molecule has 3 nitrogen and oxygen atoms in total. The van der Waals surface area contributed by atoms with Gasteiger partial charge in [0.1, 0.15) is 6.10 Å². The summed E-state index contributed by atoms with van der Waals surface area (Å²) in [6.07, 6.45) is 30.2. The van der Waals surface area contributed by atoms with Crippen molar-refractivity contribution < 1.29 is 14.6 Å². The third-order valence-electron chi connectivity index (χ3n) is 18.5. The van der Waals surface area contributed by atoms with Crippen molar-refractivity contribution in [2.75, 3.05) is 0 Å². The zero-order valence-corrected chi connectivity index (χ0v) is 36.1. The van der Waals surface area contributed by atoms with E-state index in [9.17, 15) is 9.90 Å². The van der Waals surface area contributed by atoms with Gasteiger partial charge in [-0.2, -0.15) is 0 Å². The fourth-order valence-electron chi connectivity index (χ4n) is 15.2. The van der Waals surface area contributed by atoms with Gasteiger partial charge in [0, 0.05) is 5.41 Å². The fraction of sp³-hybridized carbons (Fsp3) is 0.939. The Morgan fingerprint density at radius 3 is 1.85 bits per heavy atom. The molecule has 0 bridgehead atoms. The second-order valence-electron chi connectivity index (χ2n) is 21.7. The molecule has 0 aromatic rings. The Kier molecular flexibility index (Phi) is 13.6. The molecular formula is C49H86O3. The van der Waals surface area contributed by atoms with Gasteiger partial charge in [-0.25, -0.2) is 0 Å². The van der Waals surface area contributed by atoms with E-state index in [1.807, 2.05) is 0 Å². The molecule has 5 aliphatic rings. The maximum atomic E-state index is 13.3. The number of hydrogen-bond acceptors (Lipinski definition) is 3. The number of allylic oxidation sites excluding steroid dienone is 1. The number of carbonyl (C=O) groups is 1. The molecule has 5 fully saturated rings. The van der Waals surface area contributed by atoms with Crippen molar-refractivity contribution in [3.05, 3.63) is 12.2 Å². The van der Waals surface area contributed by atoms with E-state index >= 15 is 0 Å². The van der Waals surface area contributed by atoms with Gasteiger partial charge in [0.2, 0.25) is 0 Å². The van der Waals surface area contributed by atoms with E-state index in [0.29, 0.717) is 45.8 Å². The summed E-state index contributed by atoms with van der Waals surface area (Å²) in [5, 5.41) is 10.8. The maximum Gasteiger partial charge on any atom is 0.308 e. The number of rotatable bonds is 18. The van der Waals surface area contributed by atoms with Gasteiger partial charge in [-0.3, -0.25) is 4.79 Å². The first-order valence-electron chi connectivity index (χ1n) is 23.0. The van der Waals surface area contributed by atoms with Crippen LogP contribution in [0.5, 0.6) is 0 Å². The van der Waals surface area contributed by atoms with E-state index in [1.165, 1.54) is 128 Å². The molecule has 11 atom stereocenters. The molecule has 5 saturated carbocycles. The molecular weight excluding hydrogens is 637 g/mol. The lowest BCUT2D eigenvalue weighted by molar-refractivity contribution is -0.277. The number of ether oxygens (including phenoxy) is 1. The molecule has 1 N–H and O–H groups in total. The molecule has 300 valence electrons.